The molecule has 1 aliphatic rings. The highest BCUT2D eigenvalue weighted by Gasteiger charge is 2.25. The van der Waals surface area contributed by atoms with E-state index in [1.165, 1.54) is 12.0 Å². The molecule has 3 aromatic carbocycles. The maximum absolute atomic E-state index is 12.6. The molecule has 3 aromatic rings. The van der Waals surface area contributed by atoms with Crippen LogP contribution in [0.15, 0.2) is 72.8 Å². The maximum atomic E-state index is 12.6. The highest BCUT2D eigenvalue weighted by molar-refractivity contribution is 6.06. The van der Waals surface area contributed by atoms with Crippen molar-refractivity contribution in [3.05, 3.63) is 78.4 Å². The van der Waals surface area contributed by atoms with Gasteiger partial charge in [-0.1, -0.05) is 24.3 Å². The molecule has 2 N–H and O–H groups in total. The number of hydrogen-bond acceptors (Lipinski definition) is 5. The molecule has 0 aromatic heterocycles. The van der Waals surface area contributed by atoms with Crippen molar-refractivity contribution in [3.63, 3.8) is 0 Å². The van der Waals surface area contributed by atoms with Gasteiger partial charge in [-0.15, -0.1) is 0 Å². The van der Waals surface area contributed by atoms with E-state index in [0.29, 0.717) is 34.1 Å². The lowest BCUT2D eigenvalue weighted by Crippen LogP contribution is -2.37. The van der Waals surface area contributed by atoms with Crippen LogP contribution in [0.2, 0.25) is 0 Å². The number of amides is 3. The molecule has 0 aliphatic carbocycles. The number of rotatable bonds is 6. The summed E-state index contributed by atoms with van der Waals surface area (Å²) in [5.41, 5.74) is 2.07. The van der Waals surface area contributed by atoms with Crippen LogP contribution in [-0.2, 0) is 9.59 Å². The lowest BCUT2D eigenvalue weighted by molar-refractivity contribution is -0.121. The summed E-state index contributed by atoms with van der Waals surface area (Å²) in [6.45, 7) is 0.127. The van der Waals surface area contributed by atoms with Gasteiger partial charge in [-0.25, -0.2) is 0 Å². The molecule has 0 atom stereocenters. The molecule has 0 fully saturated rings. The van der Waals surface area contributed by atoms with E-state index < -0.39 is 0 Å². The van der Waals surface area contributed by atoms with Crippen LogP contribution < -0.4 is 25.0 Å². The summed E-state index contributed by atoms with van der Waals surface area (Å²) in [6, 6.07) is 20.8. The second-order valence-corrected chi connectivity index (χ2v) is 7.33. The Balaban J connectivity index is 1.40. The number of nitrogens with one attached hydrogen (secondary N) is 2. The number of carbonyl (C=O) groups is 3. The molecular weight excluding hydrogens is 422 g/mol. The van der Waals surface area contributed by atoms with Gasteiger partial charge in [0.15, 0.2) is 0 Å². The maximum Gasteiger partial charge on any atom is 0.255 e. The monoisotopic (exact) mass is 445 g/mol. The van der Waals surface area contributed by atoms with Gasteiger partial charge in [0.05, 0.1) is 31.5 Å². The van der Waals surface area contributed by atoms with Gasteiger partial charge in [0.25, 0.3) is 5.91 Å². The molecular formula is C25H23N3O5. The summed E-state index contributed by atoms with van der Waals surface area (Å²) in [7, 11) is 1.54. The van der Waals surface area contributed by atoms with Crippen molar-refractivity contribution < 1.29 is 23.9 Å². The van der Waals surface area contributed by atoms with E-state index >= 15 is 0 Å². The number of ether oxygens (including phenoxy) is 2. The largest absolute Gasteiger partial charge is 0.495 e. The Hall–Kier alpha value is -4.33. The summed E-state index contributed by atoms with van der Waals surface area (Å²) in [6.07, 6.45) is 0.192. The topological polar surface area (TPSA) is 97.0 Å². The Morgan fingerprint density at radius 1 is 0.970 bits per heavy atom. The zero-order valence-corrected chi connectivity index (χ0v) is 18.0. The summed E-state index contributed by atoms with van der Waals surface area (Å²) in [5, 5.41) is 5.57. The summed E-state index contributed by atoms with van der Waals surface area (Å²) >= 11 is 0. The van der Waals surface area contributed by atoms with Gasteiger partial charge in [-0.05, 0) is 48.5 Å². The van der Waals surface area contributed by atoms with Crippen molar-refractivity contribution in [2.75, 3.05) is 35.8 Å². The second-order valence-electron chi connectivity index (χ2n) is 7.33. The van der Waals surface area contributed by atoms with E-state index in [-0.39, 0.29) is 37.3 Å². The van der Waals surface area contributed by atoms with Gasteiger partial charge in [0, 0.05) is 11.3 Å². The van der Waals surface area contributed by atoms with Crippen LogP contribution in [0, 0.1) is 0 Å². The highest BCUT2D eigenvalue weighted by Crippen LogP contribution is 2.31. The van der Waals surface area contributed by atoms with Crippen LogP contribution >= 0.6 is 0 Å². The average Bonchev–Trinajstić information content (AvgIpc) is 2.98. The minimum absolute atomic E-state index is 0.144. The van der Waals surface area contributed by atoms with Crippen molar-refractivity contribution in [2.45, 2.75) is 6.42 Å². The normalized spacial score (nSPS) is 12.8. The molecule has 3 amide bonds. The fraction of sp³-hybridized carbons (Fsp3) is 0.160. The molecule has 0 bridgehead atoms. The van der Waals surface area contributed by atoms with Crippen LogP contribution in [0.4, 0.5) is 17.1 Å². The van der Waals surface area contributed by atoms with E-state index in [9.17, 15) is 14.4 Å². The summed E-state index contributed by atoms with van der Waals surface area (Å²) in [5.74, 6) is 0.292. The predicted octanol–water partition coefficient (Wildman–Crippen LogP) is 3.70. The Morgan fingerprint density at radius 2 is 1.70 bits per heavy atom. The van der Waals surface area contributed by atoms with Crippen molar-refractivity contribution in [1.29, 1.82) is 0 Å². The van der Waals surface area contributed by atoms with E-state index in [2.05, 4.69) is 10.6 Å². The average molecular weight is 445 g/mol. The third-order valence-electron chi connectivity index (χ3n) is 5.12. The molecule has 8 heteroatoms. The Kier molecular flexibility index (Phi) is 6.54. The summed E-state index contributed by atoms with van der Waals surface area (Å²) in [4.78, 5) is 39.1. The van der Waals surface area contributed by atoms with Crippen LogP contribution in [-0.4, -0.2) is 38.0 Å². The molecule has 8 nitrogen and oxygen atoms in total. The number of fused-ring (bicyclic) bond motifs is 1. The number of nitrogens with zero attached hydrogens (tertiary/aromatic N) is 1. The number of anilines is 3. The predicted molar refractivity (Wildman–Crippen MR) is 125 cm³/mol. The second kappa shape index (κ2) is 9.86. The number of para-hydroxylation sites is 4. The standard InChI is InChI=1S/C25H23N3O5/c1-32-21-8-4-2-6-19(21)27-25(31)17-10-12-18(13-11-17)26-23(29)16-28-20-7-3-5-9-22(20)33-15-14-24(28)30/h2-13H,14-16H2,1H3,(H,26,29)(H,27,31). The zero-order chi connectivity index (χ0) is 23.2. The van der Waals surface area contributed by atoms with E-state index in [1.807, 2.05) is 12.1 Å². The molecule has 33 heavy (non-hydrogen) atoms. The summed E-state index contributed by atoms with van der Waals surface area (Å²) < 4.78 is 10.8. The molecule has 0 saturated carbocycles. The van der Waals surface area contributed by atoms with Gasteiger partial charge in [-0.2, -0.15) is 0 Å². The highest BCUT2D eigenvalue weighted by atomic mass is 16.5. The van der Waals surface area contributed by atoms with Crippen molar-refractivity contribution in [2.24, 2.45) is 0 Å². The first-order valence-electron chi connectivity index (χ1n) is 10.4. The fourth-order valence-corrected chi connectivity index (χ4v) is 3.48. The van der Waals surface area contributed by atoms with Crippen LogP contribution in [0.5, 0.6) is 11.5 Å². The molecule has 168 valence electrons. The first-order chi connectivity index (χ1) is 16.0. The molecule has 0 radical (unpaired) electrons. The minimum Gasteiger partial charge on any atom is -0.495 e. The molecule has 0 unspecified atom stereocenters. The molecule has 0 saturated heterocycles. The van der Waals surface area contributed by atoms with Crippen molar-refractivity contribution >= 4 is 34.8 Å². The Labute approximate surface area is 191 Å². The van der Waals surface area contributed by atoms with Gasteiger partial charge < -0.3 is 20.1 Å². The van der Waals surface area contributed by atoms with E-state index in [4.69, 9.17) is 9.47 Å². The molecule has 4 rings (SSSR count). The van der Waals surface area contributed by atoms with E-state index in [1.54, 1.807) is 60.7 Å². The number of carbonyl (C=O) groups excluding carboxylic acids is 3. The van der Waals surface area contributed by atoms with Gasteiger partial charge in [0.2, 0.25) is 11.8 Å². The smallest absolute Gasteiger partial charge is 0.255 e. The first-order valence-corrected chi connectivity index (χ1v) is 10.4. The Morgan fingerprint density at radius 3 is 2.48 bits per heavy atom. The Bertz CT molecular complexity index is 1180. The fourth-order valence-electron chi connectivity index (χ4n) is 3.48. The number of benzene rings is 3. The molecule has 0 spiro atoms. The zero-order valence-electron chi connectivity index (χ0n) is 18.0. The van der Waals surface area contributed by atoms with Crippen molar-refractivity contribution in [1.82, 2.24) is 0 Å². The van der Waals surface area contributed by atoms with E-state index in [0.717, 1.165) is 0 Å². The first kappa shape index (κ1) is 21.9. The minimum atomic E-state index is -0.355. The van der Waals surface area contributed by atoms with Crippen molar-refractivity contribution in [3.8, 4) is 11.5 Å². The van der Waals surface area contributed by atoms with Crippen LogP contribution in [0.3, 0.4) is 0 Å². The third kappa shape index (κ3) is 5.12. The lowest BCUT2D eigenvalue weighted by Gasteiger charge is -2.21. The number of hydrogen-bond donors (Lipinski definition) is 2. The lowest BCUT2D eigenvalue weighted by atomic mass is 10.2. The van der Waals surface area contributed by atoms with Gasteiger partial charge >= 0.3 is 0 Å². The number of methoxy groups -OCH3 is 1. The molecule has 1 aliphatic heterocycles. The molecule has 1 heterocycles. The SMILES string of the molecule is COc1ccccc1NC(=O)c1ccc(NC(=O)CN2C(=O)CCOc3ccccc32)cc1. The quantitative estimate of drug-likeness (QED) is 0.603. The van der Waals surface area contributed by atoms with Gasteiger partial charge in [-0.3, -0.25) is 19.3 Å². The van der Waals surface area contributed by atoms with Crippen LogP contribution in [0.25, 0.3) is 0 Å². The van der Waals surface area contributed by atoms with Crippen LogP contribution in [0.1, 0.15) is 16.8 Å². The van der Waals surface area contributed by atoms with Gasteiger partial charge in [0.1, 0.15) is 18.0 Å². The third-order valence-corrected chi connectivity index (χ3v) is 5.12.